The van der Waals surface area contributed by atoms with Crippen LogP contribution in [0.3, 0.4) is 0 Å². The van der Waals surface area contributed by atoms with Gasteiger partial charge in [-0.2, -0.15) is 5.26 Å². The van der Waals surface area contributed by atoms with Crippen molar-refractivity contribution in [3.63, 3.8) is 0 Å². The number of aromatic hydroxyl groups is 2. The highest BCUT2D eigenvalue weighted by molar-refractivity contribution is 7.92. The first kappa shape index (κ1) is 40.1. The summed E-state index contributed by atoms with van der Waals surface area (Å²) < 4.78 is 30.1. The number of anilines is 1. The Morgan fingerprint density at radius 1 is 0.657 bits per heavy atom. The largest absolute Gasteiger partial charge is 0.494 e. The molecule has 0 saturated carbocycles. The van der Waals surface area contributed by atoms with Gasteiger partial charge >= 0.3 is 0 Å². The van der Waals surface area contributed by atoms with E-state index in [-0.39, 0.29) is 23.5 Å². The highest BCUT2D eigenvalue weighted by Gasteiger charge is 2.23. The molecule has 3 aromatic carbocycles. The predicted octanol–water partition coefficient (Wildman–Crippen LogP) is 6.51. The molecule has 9 heterocycles. The van der Waals surface area contributed by atoms with Crippen molar-refractivity contribution in [3.05, 3.63) is 139 Å². The van der Waals surface area contributed by atoms with Gasteiger partial charge in [0.2, 0.25) is 27.7 Å². The van der Waals surface area contributed by atoms with Gasteiger partial charge in [0.1, 0.15) is 0 Å². The number of nitrogens with one attached hydrogen (secondary N) is 6. The molecule has 21 nitrogen and oxygen atoms in total. The van der Waals surface area contributed by atoms with Crippen LogP contribution in [0.25, 0.3) is 83.8 Å². The standard InChI is InChI=1S/C30H19N11O2.C15H13N5O3S/c31-15-16-7-9-21-18(13-16)25(28-36-23-6-2-4-12-41(23)38-28)30(34-21)43-39-26(32)17-8-10-20-19(14-17)24(29(42)33-20)27-35-22-5-1-3-11-40(22)37-27;1-24(22,23)19-9-5-6-11-10(8-9)13(15(21)16-11)14-17-12-4-2-3-7-20(12)18-14/h1-14,33-34,42H,(H2,32,39);2-8,16,19,21H,1H3. The SMILES string of the molecule is CS(=O)(=O)Nc1ccc2[nH]c(O)c(-c3nc4ccccn4n3)c2c1.N#Cc1ccc2[nH]c(ONC(=N)c3ccc4[nH]c(O)c(-c5nc6ccccn6n5)c4c3)c(-c3nc4ccccn4n3)c2c1. The second kappa shape index (κ2) is 15.5. The van der Waals surface area contributed by atoms with Gasteiger partial charge in [0.25, 0.3) is 0 Å². The van der Waals surface area contributed by atoms with Gasteiger partial charge in [-0.1, -0.05) is 18.2 Å². The Hall–Kier alpha value is -9.75. The normalized spacial score (nSPS) is 11.6. The lowest BCUT2D eigenvalue weighted by molar-refractivity contribution is 0.254. The Bertz CT molecular complexity index is 4000. The molecule has 0 unspecified atom stereocenters. The first-order chi connectivity index (χ1) is 32.5. The summed E-state index contributed by atoms with van der Waals surface area (Å²) in [6.07, 6.45) is 6.41. The number of fused-ring (bicyclic) bond motifs is 6. The molecule has 22 heteroatoms. The number of benzene rings is 3. The van der Waals surface area contributed by atoms with Gasteiger partial charge in [-0.3, -0.25) is 10.1 Å². The van der Waals surface area contributed by atoms with E-state index in [9.17, 15) is 23.9 Å². The van der Waals surface area contributed by atoms with Crippen molar-refractivity contribution < 1.29 is 23.5 Å². The lowest BCUT2D eigenvalue weighted by Crippen LogP contribution is -2.27. The summed E-state index contributed by atoms with van der Waals surface area (Å²) in [5, 5.41) is 54.6. The van der Waals surface area contributed by atoms with Gasteiger partial charge in [0, 0.05) is 62.6 Å². The molecule has 0 spiro atoms. The average molecular weight is 909 g/mol. The van der Waals surface area contributed by atoms with Crippen molar-refractivity contribution in [1.82, 2.24) is 64.2 Å². The number of nitrogens with zero attached hydrogens (tertiary/aromatic N) is 10. The maximum atomic E-state index is 11.4. The summed E-state index contributed by atoms with van der Waals surface area (Å²) in [7, 11) is -3.40. The van der Waals surface area contributed by atoms with Crippen LogP contribution in [-0.2, 0) is 10.0 Å². The molecule has 0 aliphatic heterocycles. The van der Waals surface area contributed by atoms with E-state index in [1.807, 2.05) is 48.5 Å². The molecule has 9 aromatic heterocycles. The lowest BCUT2D eigenvalue weighted by Gasteiger charge is -2.09. The first-order valence-corrected chi connectivity index (χ1v) is 22.1. The minimum absolute atomic E-state index is 0.0400. The fourth-order valence-electron chi connectivity index (χ4n) is 7.75. The van der Waals surface area contributed by atoms with Crippen molar-refractivity contribution in [2.75, 3.05) is 11.0 Å². The first-order valence-electron chi connectivity index (χ1n) is 20.2. The van der Waals surface area contributed by atoms with Crippen molar-refractivity contribution >= 4 is 71.2 Å². The summed E-state index contributed by atoms with van der Waals surface area (Å²) in [6.45, 7) is 0. The molecular weight excluding hydrogens is 877 g/mol. The van der Waals surface area contributed by atoms with Crippen molar-refractivity contribution in [3.8, 4) is 57.9 Å². The van der Waals surface area contributed by atoms with Gasteiger partial charge in [0.15, 0.2) is 40.3 Å². The molecule has 12 aromatic rings. The molecule has 328 valence electrons. The summed E-state index contributed by atoms with van der Waals surface area (Å²) in [6, 6.07) is 34.1. The van der Waals surface area contributed by atoms with E-state index in [4.69, 9.17) is 10.2 Å². The van der Waals surface area contributed by atoms with Gasteiger partial charge in [-0.15, -0.1) is 15.3 Å². The zero-order valence-electron chi connectivity index (χ0n) is 34.6. The number of nitriles is 1. The summed E-state index contributed by atoms with van der Waals surface area (Å²) in [5.74, 6) is 1.19. The number of rotatable bonds is 8. The van der Waals surface area contributed by atoms with Crippen molar-refractivity contribution in [1.29, 1.82) is 10.7 Å². The molecule has 67 heavy (non-hydrogen) atoms. The Morgan fingerprint density at radius 2 is 1.15 bits per heavy atom. The Morgan fingerprint density at radius 3 is 1.69 bits per heavy atom. The van der Waals surface area contributed by atoms with Crippen LogP contribution in [0.1, 0.15) is 11.1 Å². The van der Waals surface area contributed by atoms with Crippen LogP contribution in [0.5, 0.6) is 17.6 Å². The van der Waals surface area contributed by atoms with Crippen LogP contribution in [-0.4, -0.2) is 89.5 Å². The van der Waals surface area contributed by atoms with Gasteiger partial charge in [-0.05, 0) is 91.0 Å². The molecule has 0 amide bonds. The molecule has 0 fully saturated rings. The minimum atomic E-state index is -3.40. The lowest BCUT2D eigenvalue weighted by atomic mass is 10.1. The second-order valence-electron chi connectivity index (χ2n) is 15.2. The van der Waals surface area contributed by atoms with Crippen LogP contribution in [0, 0.1) is 16.7 Å². The molecule has 0 aliphatic rings. The smallest absolute Gasteiger partial charge is 0.236 e. The summed E-state index contributed by atoms with van der Waals surface area (Å²) >= 11 is 0. The van der Waals surface area contributed by atoms with Crippen LogP contribution in [0.15, 0.2) is 128 Å². The Labute approximate surface area is 376 Å². The van der Waals surface area contributed by atoms with Crippen LogP contribution in [0.2, 0.25) is 0 Å². The molecular formula is C45H32N16O5S. The summed E-state index contributed by atoms with van der Waals surface area (Å²) in [5.41, 5.74) is 9.44. The van der Waals surface area contributed by atoms with E-state index in [2.05, 4.69) is 61.5 Å². The molecule has 0 saturated heterocycles. The fourth-order valence-corrected chi connectivity index (χ4v) is 8.30. The van der Waals surface area contributed by atoms with E-state index in [1.165, 1.54) is 0 Å². The minimum Gasteiger partial charge on any atom is -0.494 e. The topological polar surface area (TPSA) is 293 Å². The van der Waals surface area contributed by atoms with Crippen LogP contribution >= 0.6 is 0 Å². The van der Waals surface area contributed by atoms with E-state index in [0.717, 1.165) is 6.26 Å². The highest BCUT2D eigenvalue weighted by Crippen LogP contribution is 2.39. The second-order valence-corrected chi connectivity index (χ2v) is 16.9. The van der Waals surface area contributed by atoms with Crippen molar-refractivity contribution in [2.45, 2.75) is 0 Å². The zero-order chi connectivity index (χ0) is 46.0. The van der Waals surface area contributed by atoms with Crippen LogP contribution in [0.4, 0.5) is 5.69 Å². The molecule has 0 bridgehead atoms. The third-order valence-corrected chi connectivity index (χ3v) is 11.3. The van der Waals surface area contributed by atoms with E-state index >= 15 is 0 Å². The van der Waals surface area contributed by atoms with E-state index < -0.39 is 10.0 Å². The van der Waals surface area contributed by atoms with E-state index in [1.54, 1.807) is 92.8 Å². The third-order valence-electron chi connectivity index (χ3n) is 10.7. The van der Waals surface area contributed by atoms with Gasteiger partial charge < -0.3 is 30.0 Å². The zero-order valence-corrected chi connectivity index (χ0v) is 35.4. The number of amidine groups is 1. The Kier molecular flexibility index (Phi) is 9.27. The monoisotopic (exact) mass is 908 g/mol. The molecule has 0 aliphatic carbocycles. The number of sulfonamides is 1. The maximum absolute atomic E-state index is 11.4. The Balaban J connectivity index is 0.000000174. The predicted molar refractivity (Wildman–Crippen MR) is 248 cm³/mol. The number of hydrogen-bond acceptors (Lipinski definition) is 13. The number of aromatic amines is 3. The number of H-pyrrole nitrogens is 3. The number of hydroxylamine groups is 1. The average Bonchev–Trinajstić information content (AvgIpc) is 4.18. The number of aromatic nitrogens is 12. The molecule has 8 N–H and O–H groups in total. The summed E-state index contributed by atoms with van der Waals surface area (Å²) in [4.78, 5) is 28.5. The molecule has 12 rings (SSSR count). The third kappa shape index (κ3) is 7.33. The van der Waals surface area contributed by atoms with E-state index in [0.29, 0.717) is 101 Å². The highest BCUT2D eigenvalue weighted by atomic mass is 32.2. The number of hydrogen-bond donors (Lipinski definition) is 8. The van der Waals surface area contributed by atoms with Crippen LogP contribution < -0.4 is 15.0 Å². The molecule has 0 atom stereocenters. The van der Waals surface area contributed by atoms with Gasteiger partial charge in [0.05, 0.1) is 34.6 Å². The van der Waals surface area contributed by atoms with Crippen molar-refractivity contribution in [2.24, 2.45) is 0 Å². The fraction of sp³-hybridized carbons (Fsp3) is 0.0222. The van der Waals surface area contributed by atoms with Gasteiger partial charge in [-0.25, -0.2) is 42.4 Å². The quantitative estimate of drug-likeness (QED) is 0.0459. The maximum Gasteiger partial charge on any atom is 0.236 e. The molecule has 0 radical (unpaired) electrons. The number of pyridine rings is 3.